The van der Waals surface area contributed by atoms with Crippen LogP contribution in [0.15, 0.2) is 0 Å². The van der Waals surface area contributed by atoms with Crippen molar-refractivity contribution in [3.8, 4) is 6.07 Å². The summed E-state index contributed by atoms with van der Waals surface area (Å²) in [5, 5.41) is 11.6. The van der Waals surface area contributed by atoms with Gasteiger partial charge in [0.1, 0.15) is 6.61 Å². The smallest absolute Gasteiger partial charge is 0.372 e. The Morgan fingerprint density at radius 3 is 2.45 bits per heavy atom. The van der Waals surface area contributed by atoms with E-state index in [0.29, 0.717) is 0 Å². The molecule has 0 radical (unpaired) electrons. The Morgan fingerprint density at radius 1 is 1.27 bits per heavy atom. The largest absolute Gasteiger partial charge is 0.411 e. The number of hydrogen-bond donors (Lipinski definition) is 1. The van der Waals surface area contributed by atoms with Crippen molar-refractivity contribution in [2.24, 2.45) is 5.92 Å². The number of amides is 1. The van der Waals surface area contributed by atoms with Gasteiger partial charge in [-0.05, 0) is 12.8 Å². The van der Waals surface area contributed by atoms with Crippen LogP contribution in [0.4, 0.5) is 13.2 Å². The second kappa shape index (κ2) is 8.73. The van der Waals surface area contributed by atoms with Crippen molar-refractivity contribution >= 4 is 11.7 Å². The van der Waals surface area contributed by atoms with E-state index in [1.165, 1.54) is 0 Å². The number of ketones is 1. The summed E-state index contributed by atoms with van der Waals surface area (Å²) in [5.74, 6) is -2.88. The maximum absolute atomic E-state index is 11.9. The number of rotatable bonds is 7. The van der Waals surface area contributed by atoms with Crippen LogP contribution in [-0.4, -0.2) is 37.1 Å². The van der Waals surface area contributed by atoms with E-state index in [0.717, 1.165) is 32.1 Å². The highest BCUT2D eigenvalue weighted by Crippen LogP contribution is 2.18. The van der Waals surface area contributed by atoms with Crippen molar-refractivity contribution in [1.82, 2.24) is 5.32 Å². The van der Waals surface area contributed by atoms with Crippen LogP contribution in [0.1, 0.15) is 38.5 Å². The number of carbonyl (C=O) groups is 2. The van der Waals surface area contributed by atoms with E-state index in [-0.39, 0.29) is 6.04 Å². The SMILES string of the molecule is N#CC(C(=O)CCOCC(F)(F)F)C(=O)NC1CCCCC1. The number of Topliss-reactive ketones (excluding diaryl/α,β-unsaturated/α-hetero) is 1. The fraction of sp³-hybridized carbons (Fsp3) is 0.786. The standard InChI is InChI=1S/C14H19F3N2O3/c15-14(16,17)9-22-7-6-12(20)11(8-18)13(21)19-10-4-2-1-3-5-10/h10-11H,1-7,9H2,(H,19,21). The zero-order valence-electron chi connectivity index (χ0n) is 12.1. The monoisotopic (exact) mass is 320 g/mol. The van der Waals surface area contributed by atoms with Crippen LogP contribution in [0.2, 0.25) is 0 Å². The minimum atomic E-state index is -4.46. The van der Waals surface area contributed by atoms with Gasteiger partial charge < -0.3 is 10.1 Å². The molecule has 5 nitrogen and oxygen atoms in total. The molecule has 1 atom stereocenters. The zero-order chi connectivity index (χ0) is 16.6. The minimum absolute atomic E-state index is 0.0358. The minimum Gasteiger partial charge on any atom is -0.372 e. The molecule has 0 aromatic heterocycles. The molecule has 0 aromatic rings. The molecule has 0 heterocycles. The van der Waals surface area contributed by atoms with Gasteiger partial charge in [0, 0.05) is 12.5 Å². The fourth-order valence-corrected chi connectivity index (χ4v) is 2.31. The molecule has 8 heteroatoms. The molecule has 1 aliphatic rings. The van der Waals surface area contributed by atoms with Crippen molar-refractivity contribution in [1.29, 1.82) is 5.26 Å². The summed E-state index contributed by atoms with van der Waals surface area (Å²) in [6.07, 6.45) is -0.158. The maximum Gasteiger partial charge on any atom is 0.411 e. The lowest BCUT2D eigenvalue weighted by Crippen LogP contribution is -2.42. The topological polar surface area (TPSA) is 79.2 Å². The molecule has 0 saturated heterocycles. The predicted molar refractivity (Wildman–Crippen MR) is 70.6 cm³/mol. The highest BCUT2D eigenvalue weighted by molar-refractivity contribution is 6.04. The Hall–Kier alpha value is -1.62. The lowest BCUT2D eigenvalue weighted by Gasteiger charge is -2.23. The lowest BCUT2D eigenvalue weighted by molar-refractivity contribution is -0.174. The molecule has 1 rings (SSSR count). The van der Waals surface area contributed by atoms with Crippen LogP contribution >= 0.6 is 0 Å². The molecule has 0 aliphatic heterocycles. The summed E-state index contributed by atoms with van der Waals surface area (Å²) in [7, 11) is 0. The first-order valence-corrected chi connectivity index (χ1v) is 7.20. The number of ether oxygens (including phenoxy) is 1. The van der Waals surface area contributed by atoms with Gasteiger partial charge in [0.15, 0.2) is 11.7 Å². The van der Waals surface area contributed by atoms with Crippen LogP contribution in [0, 0.1) is 17.2 Å². The molecule has 1 amide bonds. The second-order valence-electron chi connectivity index (χ2n) is 5.29. The average molecular weight is 320 g/mol. The summed E-state index contributed by atoms with van der Waals surface area (Å²) in [6.45, 7) is -1.92. The molecule has 22 heavy (non-hydrogen) atoms. The van der Waals surface area contributed by atoms with Gasteiger partial charge >= 0.3 is 6.18 Å². The molecule has 124 valence electrons. The maximum atomic E-state index is 11.9. The molecule has 1 aliphatic carbocycles. The van der Waals surface area contributed by atoms with Crippen LogP contribution < -0.4 is 5.32 Å². The van der Waals surface area contributed by atoms with Crippen LogP contribution in [0.25, 0.3) is 0 Å². The van der Waals surface area contributed by atoms with E-state index in [1.807, 2.05) is 0 Å². The first kappa shape index (κ1) is 18.4. The number of alkyl halides is 3. The summed E-state index contributed by atoms with van der Waals surface area (Å²) < 4.78 is 39.9. The Labute approximate surface area is 126 Å². The van der Waals surface area contributed by atoms with Gasteiger partial charge in [-0.15, -0.1) is 0 Å². The number of nitriles is 1. The number of nitrogens with one attached hydrogen (secondary N) is 1. The molecule has 1 N–H and O–H groups in total. The van der Waals surface area contributed by atoms with E-state index in [2.05, 4.69) is 10.1 Å². The normalized spacial score (nSPS) is 17.5. The Morgan fingerprint density at radius 2 is 1.91 bits per heavy atom. The molecule has 1 fully saturated rings. The van der Waals surface area contributed by atoms with Gasteiger partial charge in [-0.2, -0.15) is 18.4 Å². The quantitative estimate of drug-likeness (QED) is 0.575. The molecule has 0 aromatic carbocycles. The van der Waals surface area contributed by atoms with E-state index < -0.39 is 43.4 Å². The first-order chi connectivity index (χ1) is 10.3. The van der Waals surface area contributed by atoms with Gasteiger partial charge in [-0.3, -0.25) is 9.59 Å². The molecule has 1 saturated carbocycles. The molecule has 0 spiro atoms. The first-order valence-electron chi connectivity index (χ1n) is 7.20. The van der Waals surface area contributed by atoms with E-state index in [4.69, 9.17) is 5.26 Å². The van der Waals surface area contributed by atoms with Crippen molar-refractivity contribution < 1.29 is 27.5 Å². The number of halogens is 3. The van der Waals surface area contributed by atoms with Crippen molar-refractivity contribution in [3.05, 3.63) is 0 Å². The van der Waals surface area contributed by atoms with Gasteiger partial charge in [0.2, 0.25) is 5.91 Å². The predicted octanol–water partition coefficient (Wildman–Crippen LogP) is 2.11. The molecular weight excluding hydrogens is 301 g/mol. The van der Waals surface area contributed by atoms with E-state index in [9.17, 15) is 22.8 Å². The summed E-state index contributed by atoms with van der Waals surface area (Å²) in [4.78, 5) is 23.6. The molecule has 1 unspecified atom stereocenters. The zero-order valence-corrected chi connectivity index (χ0v) is 12.1. The second-order valence-corrected chi connectivity index (χ2v) is 5.29. The Balaban J connectivity index is 2.36. The fourth-order valence-electron chi connectivity index (χ4n) is 2.31. The number of carbonyl (C=O) groups excluding carboxylic acids is 2. The van der Waals surface area contributed by atoms with Crippen molar-refractivity contribution in [3.63, 3.8) is 0 Å². The lowest BCUT2D eigenvalue weighted by atomic mass is 9.94. The third kappa shape index (κ3) is 6.89. The molecular formula is C14H19F3N2O3. The Kier molecular flexibility index (Phi) is 7.32. The van der Waals surface area contributed by atoms with E-state index >= 15 is 0 Å². The van der Waals surface area contributed by atoms with Crippen LogP contribution in [-0.2, 0) is 14.3 Å². The van der Waals surface area contributed by atoms with Crippen LogP contribution in [0.3, 0.4) is 0 Å². The highest BCUT2D eigenvalue weighted by atomic mass is 19.4. The summed E-state index contributed by atoms with van der Waals surface area (Å²) >= 11 is 0. The number of hydrogen-bond acceptors (Lipinski definition) is 4. The third-order valence-electron chi connectivity index (χ3n) is 3.42. The highest BCUT2D eigenvalue weighted by Gasteiger charge is 2.30. The van der Waals surface area contributed by atoms with E-state index in [1.54, 1.807) is 6.07 Å². The van der Waals surface area contributed by atoms with Gasteiger partial charge in [0.05, 0.1) is 12.7 Å². The molecule has 0 bridgehead atoms. The third-order valence-corrected chi connectivity index (χ3v) is 3.42. The number of nitrogens with zero attached hydrogens (tertiary/aromatic N) is 1. The van der Waals surface area contributed by atoms with Crippen molar-refractivity contribution in [2.45, 2.75) is 50.7 Å². The van der Waals surface area contributed by atoms with Gasteiger partial charge in [-0.25, -0.2) is 0 Å². The van der Waals surface area contributed by atoms with Gasteiger partial charge in [0.25, 0.3) is 0 Å². The van der Waals surface area contributed by atoms with Crippen molar-refractivity contribution in [2.75, 3.05) is 13.2 Å². The Bertz CT molecular complexity index is 426. The van der Waals surface area contributed by atoms with Gasteiger partial charge in [-0.1, -0.05) is 19.3 Å². The average Bonchev–Trinajstić information content (AvgIpc) is 2.44. The summed E-state index contributed by atoms with van der Waals surface area (Å²) in [6, 6.07) is 1.57. The summed E-state index contributed by atoms with van der Waals surface area (Å²) in [5.41, 5.74) is 0. The van der Waals surface area contributed by atoms with Crippen LogP contribution in [0.5, 0.6) is 0 Å².